The van der Waals surface area contributed by atoms with Crippen molar-refractivity contribution in [2.45, 2.75) is 67.2 Å². The van der Waals surface area contributed by atoms with Gasteiger partial charge in [0.05, 0.1) is 31.0 Å². The molecule has 0 radical (unpaired) electrons. The number of carbonyl (C=O) groups excluding carboxylic acids is 1. The summed E-state index contributed by atoms with van der Waals surface area (Å²) in [5, 5.41) is 8.27. The number of ether oxygens (including phenoxy) is 1. The first kappa shape index (κ1) is 33.4. The molecule has 2 N–H and O–H groups in total. The molecule has 1 aliphatic heterocycles. The first-order valence-electron chi connectivity index (χ1n) is 14.5. The SMILES string of the molecule is Cc1ccnc(Nc2ncc(Sc3ccnc(CNCC4(c5cccc(Cl)c5Cl)CCN(C(=O)OC(C)(C)C)CC4)c3F)s2)c1. The number of rotatable bonds is 9. The third-order valence-electron chi connectivity index (χ3n) is 7.42. The number of nitrogens with one attached hydrogen (secondary N) is 2. The highest BCUT2D eigenvalue weighted by Crippen LogP contribution is 2.42. The van der Waals surface area contributed by atoms with E-state index in [2.05, 4.69) is 25.6 Å². The summed E-state index contributed by atoms with van der Waals surface area (Å²) >= 11 is 15.9. The maximum absolute atomic E-state index is 15.7. The van der Waals surface area contributed by atoms with Gasteiger partial charge in [0.15, 0.2) is 10.9 Å². The standard InChI is InChI=1S/C32H35Cl2FN6O2S2/c1-20-8-12-38-25(16-20)40-29-39-18-26(45-29)44-24-9-13-37-23(28(24)35)17-36-19-32(21-6-5-7-22(33)27(21)34)10-14-41(15-11-32)30(42)43-31(2,3)4/h5-9,12-13,16,18,36H,10-11,14-15,17,19H2,1-4H3,(H,38,39,40). The second-order valence-corrected chi connectivity index (χ2v) is 15.1. The molecule has 5 rings (SSSR count). The number of pyridine rings is 2. The highest BCUT2D eigenvalue weighted by molar-refractivity contribution is 8.01. The molecule has 1 saturated heterocycles. The van der Waals surface area contributed by atoms with E-state index in [1.807, 2.05) is 52.0 Å². The van der Waals surface area contributed by atoms with Gasteiger partial charge in [-0.15, -0.1) is 0 Å². The van der Waals surface area contributed by atoms with Gasteiger partial charge in [0.2, 0.25) is 0 Å². The quantitative estimate of drug-likeness (QED) is 0.181. The first-order valence-corrected chi connectivity index (χ1v) is 16.9. The topological polar surface area (TPSA) is 92.3 Å². The number of likely N-dealkylation sites (tertiary alicyclic amines) is 1. The van der Waals surface area contributed by atoms with Crippen LogP contribution in [-0.4, -0.2) is 51.2 Å². The monoisotopic (exact) mass is 688 g/mol. The molecule has 1 aliphatic rings. The van der Waals surface area contributed by atoms with Crippen molar-refractivity contribution in [3.05, 3.63) is 87.7 Å². The summed E-state index contributed by atoms with van der Waals surface area (Å²) in [4.78, 5) is 28.0. The van der Waals surface area contributed by atoms with Gasteiger partial charge in [-0.05, 0) is 75.9 Å². The number of aromatic nitrogens is 3. The highest BCUT2D eigenvalue weighted by Gasteiger charge is 2.40. The maximum Gasteiger partial charge on any atom is 0.410 e. The van der Waals surface area contributed by atoms with Crippen molar-refractivity contribution in [2.24, 2.45) is 0 Å². The predicted molar refractivity (Wildman–Crippen MR) is 180 cm³/mol. The summed E-state index contributed by atoms with van der Waals surface area (Å²) in [6.45, 7) is 9.24. The van der Waals surface area contributed by atoms with Crippen LogP contribution in [0.2, 0.25) is 10.0 Å². The number of hydrogen-bond donors (Lipinski definition) is 2. The highest BCUT2D eigenvalue weighted by atomic mass is 35.5. The summed E-state index contributed by atoms with van der Waals surface area (Å²) in [5.41, 5.74) is 1.30. The number of piperidine rings is 1. The second-order valence-electron chi connectivity index (χ2n) is 12.0. The van der Waals surface area contributed by atoms with E-state index in [9.17, 15) is 4.79 Å². The van der Waals surface area contributed by atoms with Crippen LogP contribution in [0.5, 0.6) is 0 Å². The fraction of sp³-hybridized carbons (Fsp3) is 0.375. The normalized spacial score (nSPS) is 14.8. The van der Waals surface area contributed by atoms with Crippen LogP contribution in [0, 0.1) is 12.7 Å². The zero-order valence-corrected chi connectivity index (χ0v) is 28.6. The largest absolute Gasteiger partial charge is 0.444 e. The number of nitrogens with zero attached hydrogens (tertiary/aromatic N) is 4. The smallest absolute Gasteiger partial charge is 0.410 e. The van der Waals surface area contributed by atoms with E-state index < -0.39 is 11.0 Å². The Morgan fingerprint density at radius 1 is 1.13 bits per heavy atom. The van der Waals surface area contributed by atoms with Gasteiger partial charge >= 0.3 is 6.09 Å². The van der Waals surface area contributed by atoms with Crippen molar-refractivity contribution < 1.29 is 13.9 Å². The summed E-state index contributed by atoms with van der Waals surface area (Å²) in [5.74, 6) is 0.324. The van der Waals surface area contributed by atoms with E-state index >= 15 is 4.39 Å². The van der Waals surface area contributed by atoms with Crippen molar-refractivity contribution in [2.75, 3.05) is 25.0 Å². The molecular weight excluding hydrogens is 654 g/mol. The molecule has 238 valence electrons. The van der Waals surface area contributed by atoms with Crippen LogP contribution in [0.4, 0.5) is 20.1 Å². The van der Waals surface area contributed by atoms with Gasteiger partial charge < -0.3 is 20.3 Å². The molecule has 0 atom stereocenters. The minimum absolute atomic E-state index is 0.213. The first-order chi connectivity index (χ1) is 21.4. The number of aryl methyl sites for hydroxylation is 1. The molecule has 8 nitrogen and oxygen atoms in total. The molecule has 3 aromatic heterocycles. The number of anilines is 2. The number of benzene rings is 1. The summed E-state index contributed by atoms with van der Waals surface area (Å²) in [6, 6.07) is 11.1. The van der Waals surface area contributed by atoms with Gasteiger partial charge in [-0.2, -0.15) is 0 Å². The van der Waals surface area contributed by atoms with Gasteiger partial charge in [0.1, 0.15) is 11.4 Å². The molecule has 0 spiro atoms. The van der Waals surface area contributed by atoms with E-state index in [4.69, 9.17) is 27.9 Å². The lowest BCUT2D eigenvalue weighted by molar-refractivity contribution is 0.0163. The summed E-state index contributed by atoms with van der Waals surface area (Å²) < 4.78 is 22.1. The van der Waals surface area contributed by atoms with Crippen LogP contribution < -0.4 is 10.6 Å². The van der Waals surface area contributed by atoms with Crippen molar-refractivity contribution in [3.8, 4) is 0 Å². The van der Waals surface area contributed by atoms with Crippen LogP contribution in [0.25, 0.3) is 0 Å². The molecule has 4 heterocycles. The molecule has 0 aliphatic carbocycles. The van der Waals surface area contributed by atoms with Gasteiger partial charge in [-0.25, -0.2) is 19.2 Å². The number of carbonyl (C=O) groups is 1. The predicted octanol–water partition coefficient (Wildman–Crippen LogP) is 8.64. The Kier molecular flexibility index (Phi) is 10.6. The Morgan fingerprint density at radius 3 is 2.62 bits per heavy atom. The fourth-order valence-electron chi connectivity index (χ4n) is 5.17. The molecule has 13 heteroatoms. The molecular formula is C32H35Cl2FN6O2S2. The van der Waals surface area contributed by atoms with Crippen molar-refractivity contribution >= 4 is 63.3 Å². The molecule has 1 aromatic carbocycles. The summed E-state index contributed by atoms with van der Waals surface area (Å²) in [6.07, 6.45) is 5.99. The zero-order valence-electron chi connectivity index (χ0n) is 25.5. The van der Waals surface area contributed by atoms with Gasteiger partial charge in [-0.1, -0.05) is 58.4 Å². The van der Waals surface area contributed by atoms with E-state index in [-0.39, 0.29) is 18.5 Å². The Bertz CT molecular complexity index is 1660. The average Bonchev–Trinajstić information content (AvgIpc) is 3.42. The number of amides is 1. The van der Waals surface area contributed by atoms with E-state index in [1.165, 1.54) is 23.1 Å². The third kappa shape index (κ3) is 8.45. The molecule has 0 unspecified atom stereocenters. The van der Waals surface area contributed by atoms with Crippen LogP contribution >= 0.6 is 46.3 Å². The van der Waals surface area contributed by atoms with Crippen LogP contribution in [0.3, 0.4) is 0 Å². The number of thiazole rings is 1. The lowest BCUT2D eigenvalue weighted by Crippen LogP contribution is -2.50. The molecule has 45 heavy (non-hydrogen) atoms. The molecule has 0 saturated carbocycles. The summed E-state index contributed by atoms with van der Waals surface area (Å²) in [7, 11) is 0. The van der Waals surface area contributed by atoms with Crippen LogP contribution in [0.1, 0.15) is 50.4 Å². The molecule has 1 amide bonds. The Labute approximate surface area is 281 Å². The Balaban J connectivity index is 1.26. The van der Waals surface area contributed by atoms with Crippen LogP contribution in [-0.2, 0) is 16.7 Å². The lowest BCUT2D eigenvalue weighted by Gasteiger charge is -2.43. The average molecular weight is 690 g/mol. The molecule has 0 bridgehead atoms. The molecule has 1 fully saturated rings. The van der Waals surface area contributed by atoms with Gasteiger partial charge in [-0.3, -0.25) is 4.98 Å². The minimum Gasteiger partial charge on any atom is -0.444 e. The Hall–Kier alpha value is -2.96. The fourth-order valence-corrected chi connectivity index (χ4v) is 7.56. The second kappa shape index (κ2) is 14.2. The van der Waals surface area contributed by atoms with Crippen molar-refractivity contribution in [3.63, 3.8) is 0 Å². The van der Waals surface area contributed by atoms with E-state index in [0.717, 1.165) is 15.3 Å². The lowest BCUT2D eigenvalue weighted by atomic mass is 9.72. The van der Waals surface area contributed by atoms with Crippen molar-refractivity contribution in [1.29, 1.82) is 0 Å². The minimum atomic E-state index is -0.578. The van der Waals surface area contributed by atoms with Crippen molar-refractivity contribution in [1.82, 2.24) is 25.2 Å². The number of hydrogen-bond acceptors (Lipinski definition) is 9. The van der Waals surface area contributed by atoms with Gasteiger partial charge in [0, 0.05) is 44.0 Å². The zero-order chi connectivity index (χ0) is 32.2. The maximum atomic E-state index is 15.7. The third-order valence-corrected chi connectivity index (χ3v) is 10.3. The van der Waals surface area contributed by atoms with E-state index in [0.29, 0.717) is 64.1 Å². The number of halogens is 3. The van der Waals surface area contributed by atoms with Crippen LogP contribution in [0.15, 0.2) is 64.1 Å². The van der Waals surface area contributed by atoms with E-state index in [1.54, 1.807) is 35.6 Å². The molecule has 4 aromatic rings. The van der Waals surface area contributed by atoms with Gasteiger partial charge in [0.25, 0.3) is 0 Å². The Morgan fingerprint density at radius 2 is 1.89 bits per heavy atom.